The van der Waals surface area contributed by atoms with Gasteiger partial charge in [0.25, 0.3) is 0 Å². The third-order valence-electron chi connectivity index (χ3n) is 2.96. The molecule has 0 aromatic rings. The molecule has 1 aliphatic rings. The molecule has 0 aliphatic carbocycles. The molecule has 1 fully saturated rings. The zero-order valence-corrected chi connectivity index (χ0v) is 11.6. The van der Waals surface area contributed by atoms with Gasteiger partial charge in [0, 0.05) is 13.0 Å². The van der Waals surface area contributed by atoms with Crippen LogP contribution in [0.4, 0.5) is 13.2 Å². The Morgan fingerprint density at radius 3 is 2.38 bits per heavy atom. The highest BCUT2D eigenvalue weighted by atomic mass is 19.4. The molecule has 5 nitrogen and oxygen atoms in total. The quantitative estimate of drug-likeness (QED) is 0.509. The molecule has 1 unspecified atom stereocenters. The minimum absolute atomic E-state index is 0.105. The van der Waals surface area contributed by atoms with Crippen molar-refractivity contribution in [3.63, 3.8) is 0 Å². The summed E-state index contributed by atoms with van der Waals surface area (Å²) in [5.41, 5.74) is 0. The standard InChI is InChI=1S/C13H19F3O5/c14-13(15,16)12(18)21-8-2-1-7-20-11(17)6-5-10-4-3-9-19-10/h10H,1-9H2. The molecular weight excluding hydrogens is 293 g/mol. The first-order chi connectivity index (χ1) is 9.89. The van der Waals surface area contributed by atoms with Crippen molar-refractivity contribution in [3.8, 4) is 0 Å². The van der Waals surface area contributed by atoms with Crippen molar-refractivity contribution in [1.82, 2.24) is 0 Å². The van der Waals surface area contributed by atoms with E-state index in [1.165, 1.54) is 0 Å². The lowest BCUT2D eigenvalue weighted by Crippen LogP contribution is -2.25. The lowest BCUT2D eigenvalue weighted by atomic mass is 10.1. The van der Waals surface area contributed by atoms with Crippen molar-refractivity contribution >= 4 is 11.9 Å². The van der Waals surface area contributed by atoms with Gasteiger partial charge in [-0.2, -0.15) is 13.2 Å². The summed E-state index contributed by atoms with van der Waals surface area (Å²) in [6.07, 6.45) is -1.42. The molecule has 1 saturated heterocycles. The first-order valence-electron chi connectivity index (χ1n) is 6.91. The first kappa shape index (κ1) is 17.7. The number of hydrogen-bond donors (Lipinski definition) is 0. The van der Waals surface area contributed by atoms with Crippen LogP contribution in [0.2, 0.25) is 0 Å². The van der Waals surface area contributed by atoms with Crippen molar-refractivity contribution in [2.24, 2.45) is 0 Å². The Balaban J connectivity index is 1.93. The number of esters is 2. The largest absolute Gasteiger partial charge is 0.490 e. The molecule has 0 saturated carbocycles. The molecule has 0 spiro atoms. The van der Waals surface area contributed by atoms with E-state index in [1.807, 2.05) is 0 Å². The van der Waals surface area contributed by atoms with E-state index >= 15 is 0 Å². The maximum absolute atomic E-state index is 11.8. The van der Waals surface area contributed by atoms with E-state index in [0.29, 0.717) is 12.8 Å². The Bertz CT molecular complexity index is 337. The number of ether oxygens (including phenoxy) is 3. The monoisotopic (exact) mass is 312 g/mol. The number of rotatable bonds is 8. The Hall–Kier alpha value is -1.31. The number of unbranched alkanes of at least 4 members (excludes halogenated alkanes) is 1. The minimum Gasteiger partial charge on any atom is -0.466 e. The van der Waals surface area contributed by atoms with Crippen LogP contribution in [0.25, 0.3) is 0 Å². The van der Waals surface area contributed by atoms with Gasteiger partial charge in [0.1, 0.15) is 0 Å². The summed E-state index contributed by atoms with van der Waals surface area (Å²) < 4.78 is 49.7. The molecule has 0 amide bonds. The zero-order chi connectivity index (χ0) is 15.7. The molecule has 0 N–H and O–H groups in total. The van der Waals surface area contributed by atoms with Crippen LogP contribution >= 0.6 is 0 Å². The molecule has 1 rings (SSSR count). The van der Waals surface area contributed by atoms with Crippen LogP contribution in [-0.4, -0.2) is 44.0 Å². The SMILES string of the molecule is O=C(CCC1CCCO1)OCCCCOC(=O)C(F)(F)F. The lowest BCUT2D eigenvalue weighted by Gasteiger charge is -2.09. The van der Waals surface area contributed by atoms with E-state index in [9.17, 15) is 22.8 Å². The molecule has 1 atom stereocenters. The van der Waals surface area contributed by atoms with Crippen LogP contribution in [-0.2, 0) is 23.8 Å². The van der Waals surface area contributed by atoms with Gasteiger partial charge in [0.15, 0.2) is 0 Å². The number of carbonyl (C=O) groups is 2. The maximum Gasteiger partial charge on any atom is 0.490 e. The van der Waals surface area contributed by atoms with Gasteiger partial charge in [-0.15, -0.1) is 0 Å². The van der Waals surface area contributed by atoms with Gasteiger partial charge in [-0.25, -0.2) is 4.79 Å². The highest BCUT2D eigenvalue weighted by Gasteiger charge is 2.40. The summed E-state index contributed by atoms with van der Waals surface area (Å²) >= 11 is 0. The third kappa shape index (κ3) is 7.89. The summed E-state index contributed by atoms with van der Waals surface area (Å²) in [6.45, 7) is 0.496. The zero-order valence-electron chi connectivity index (χ0n) is 11.6. The lowest BCUT2D eigenvalue weighted by molar-refractivity contribution is -0.199. The van der Waals surface area contributed by atoms with Gasteiger partial charge in [-0.05, 0) is 32.1 Å². The van der Waals surface area contributed by atoms with E-state index in [1.54, 1.807) is 0 Å². The van der Waals surface area contributed by atoms with Crippen LogP contribution in [0, 0.1) is 0 Å². The molecule has 0 aromatic heterocycles. The van der Waals surface area contributed by atoms with Gasteiger partial charge in [0.05, 0.1) is 19.3 Å². The van der Waals surface area contributed by atoms with E-state index in [4.69, 9.17) is 9.47 Å². The predicted molar refractivity (Wildman–Crippen MR) is 65.4 cm³/mol. The van der Waals surface area contributed by atoms with Crippen molar-refractivity contribution in [3.05, 3.63) is 0 Å². The molecule has 0 radical (unpaired) electrons. The smallest absolute Gasteiger partial charge is 0.466 e. The number of alkyl halides is 3. The van der Waals surface area contributed by atoms with Crippen molar-refractivity contribution in [2.45, 2.75) is 50.8 Å². The number of carbonyl (C=O) groups excluding carboxylic acids is 2. The van der Waals surface area contributed by atoms with Crippen LogP contribution in [0.3, 0.4) is 0 Å². The molecule has 1 aliphatic heterocycles. The van der Waals surface area contributed by atoms with E-state index in [2.05, 4.69) is 4.74 Å². The Kier molecular flexibility index (Phi) is 7.49. The van der Waals surface area contributed by atoms with Crippen LogP contribution < -0.4 is 0 Å². The topological polar surface area (TPSA) is 61.8 Å². The molecule has 1 heterocycles. The normalized spacial score (nSPS) is 18.5. The van der Waals surface area contributed by atoms with Crippen LogP contribution in [0.5, 0.6) is 0 Å². The van der Waals surface area contributed by atoms with Crippen molar-refractivity contribution in [2.75, 3.05) is 19.8 Å². The predicted octanol–water partition coefficient (Wildman–Crippen LogP) is 2.37. The molecular formula is C13H19F3O5. The van der Waals surface area contributed by atoms with Gasteiger partial charge < -0.3 is 14.2 Å². The Morgan fingerprint density at radius 1 is 1.14 bits per heavy atom. The number of hydrogen-bond acceptors (Lipinski definition) is 5. The maximum atomic E-state index is 11.8. The van der Waals surface area contributed by atoms with Gasteiger partial charge >= 0.3 is 18.1 Å². The Morgan fingerprint density at radius 2 is 1.81 bits per heavy atom. The average molecular weight is 312 g/mol. The fourth-order valence-electron chi connectivity index (χ4n) is 1.86. The average Bonchev–Trinajstić information content (AvgIpc) is 2.92. The fourth-order valence-corrected chi connectivity index (χ4v) is 1.86. The van der Waals surface area contributed by atoms with Gasteiger partial charge in [0.2, 0.25) is 0 Å². The molecule has 21 heavy (non-hydrogen) atoms. The minimum atomic E-state index is -4.96. The molecule has 0 aromatic carbocycles. The van der Waals surface area contributed by atoms with E-state index in [0.717, 1.165) is 19.4 Å². The van der Waals surface area contributed by atoms with Crippen molar-refractivity contribution in [1.29, 1.82) is 0 Å². The molecule has 8 heteroatoms. The van der Waals surface area contributed by atoms with Crippen LogP contribution in [0.1, 0.15) is 38.5 Å². The summed E-state index contributed by atoms with van der Waals surface area (Å²) in [4.78, 5) is 21.7. The first-order valence-corrected chi connectivity index (χ1v) is 6.91. The summed E-state index contributed by atoms with van der Waals surface area (Å²) in [5, 5.41) is 0. The second-order valence-corrected chi connectivity index (χ2v) is 4.73. The summed E-state index contributed by atoms with van der Waals surface area (Å²) in [7, 11) is 0. The molecule has 0 bridgehead atoms. The fraction of sp³-hybridized carbons (Fsp3) is 0.846. The number of halogens is 3. The molecule has 122 valence electrons. The van der Waals surface area contributed by atoms with Gasteiger partial charge in [-0.1, -0.05) is 0 Å². The Labute approximate surface area is 120 Å². The third-order valence-corrected chi connectivity index (χ3v) is 2.96. The second kappa shape index (κ2) is 8.86. The van der Waals surface area contributed by atoms with E-state index < -0.39 is 12.1 Å². The van der Waals surface area contributed by atoms with Gasteiger partial charge in [-0.3, -0.25) is 4.79 Å². The summed E-state index contributed by atoms with van der Waals surface area (Å²) in [6, 6.07) is 0. The highest BCUT2D eigenvalue weighted by molar-refractivity contribution is 5.75. The van der Waals surface area contributed by atoms with E-state index in [-0.39, 0.29) is 38.1 Å². The summed E-state index contributed by atoms with van der Waals surface area (Å²) in [5.74, 6) is -2.55. The second-order valence-electron chi connectivity index (χ2n) is 4.73. The highest BCUT2D eigenvalue weighted by Crippen LogP contribution is 2.17. The van der Waals surface area contributed by atoms with Crippen LogP contribution in [0.15, 0.2) is 0 Å². The van der Waals surface area contributed by atoms with Crippen molar-refractivity contribution < 1.29 is 37.0 Å².